The van der Waals surface area contributed by atoms with Crippen molar-refractivity contribution in [2.45, 2.75) is 57.4 Å². The Morgan fingerprint density at radius 3 is 2.59 bits per heavy atom. The van der Waals surface area contributed by atoms with E-state index < -0.39 is 30.2 Å². The van der Waals surface area contributed by atoms with Crippen LogP contribution in [0.25, 0.3) is 11.1 Å². The van der Waals surface area contributed by atoms with Gasteiger partial charge in [-0.25, -0.2) is 4.39 Å². The van der Waals surface area contributed by atoms with Gasteiger partial charge in [0.2, 0.25) is 12.2 Å². The first-order valence-electron chi connectivity index (χ1n) is 10.5. The molecule has 2 aromatic carbocycles. The lowest BCUT2D eigenvalue weighted by molar-refractivity contribution is -0.305. The van der Waals surface area contributed by atoms with Gasteiger partial charge in [-0.3, -0.25) is 4.79 Å². The summed E-state index contributed by atoms with van der Waals surface area (Å²) in [5.41, 5.74) is 1.37. The summed E-state index contributed by atoms with van der Waals surface area (Å²) in [6, 6.07) is 11.5. The quantitative estimate of drug-likeness (QED) is 0.603. The van der Waals surface area contributed by atoms with Crippen LogP contribution in [-0.2, 0) is 20.7 Å². The summed E-state index contributed by atoms with van der Waals surface area (Å²) < 4.78 is 31.0. The number of methoxy groups -OCH3 is 1. The van der Waals surface area contributed by atoms with E-state index in [0.717, 1.165) is 11.1 Å². The highest BCUT2D eigenvalue weighted by molar-refractivity contribution is 5.73. The number of hydrogen-bond acceptors (Lipinski definition) is 6. The lowest BCUT2D eigenvalue weighted by atomic mass is 9.89. The Hall–Kier alpha value is -2.52. The second-order valence-corrected chi connectivity index (χ2v) is 8.41. The molecular weight excluding hydrogens is 417 g/mol. The van der Waals surface area contributed by atoms with Crippen LogP contribution in [0.2, 0.25) is 0 Å². The molecule has 174 valence electrons. The number of hydrogen-bond donors (Lipinski definition) is 3. The average Bonchev–Trinajstić information content (AvgIpc) is 2.72. The Labute approximate surface area is 187 Å². The summed E-state index contributed by atoms with van der Waals surface area (Å²) in [4.78, 5) is 11.2. The average molecular weight is 448 g/mol. The summed E-state index contributed by atoms with van der Waals surface area (Å²) >= 11 is 0. The van der Waals surface area contributed by atoms with Crippen molar-refractivity contribution in [1.29, 1.82) is 0 Å². The van der Waals surface area contributed by atoms with Gasteiger partial charge in [0.25, 0.3) is 0 Å². The Morgan fingerprint density at radius 2 is 1.94 bits per heavy atom. The van der Waals surface area contributed by atoms with Gasteiger partial charge in [-0.1, -0.05) is 18.2 Å². The zero-order valence-electron chi connectivity index (χ0n) is 18.7. The van der Waals surface area contributed by atoms with Crippen LogP contribution >= 0.6 is 0 Å². The van der Waals surface area contributed by atoms with Gasteiger partial charge in [0.15, 0.2) is 0 Å². The van der Waals surface area contributed by atoms with E-state index in [2.05, 4.69) is 5.32 Å². The molecule has 2 aromatic rings. The molecule has 0 aliphatic carbocycles. The molecule has 0 bridgehead atoms. The molecule has 1 heterocycles. The van der Waals surface area contributed by atoms with Crippen LogP contribution in [0.4, 0.5) is 4.39 Å². The fraction of sp³-hybridized carbons (Fsp3) is 0.458. The number of aliphatic hydroxyl groups is 2. The van der Waals surface area contributed by atoms with Gasteiger partial charge < -0.3 is 29.7 Å². The van der Waals surface area contributed by atoms with Gasteiger partial charge in [0, 0.05) is 20.6 Å². The Bertz CT molecular complexity index is 950. The SMILES string of the molecule is CO[C@@H]1[C@@H](O)[C@H](O)C(Oc2ccc(CCNC(C)=O)c(-c3cccc(F)c3)c2)OC1(C)C. The molecule has 8 heteroatoms. The summed E-state index contributed by atoms with van der Waals surface area (Å²) in [5.74, 6) is -0.116. The minimum atomic E-state index is -1.33. The fourth-order valence-corrected chi connectivity index (χ4v) is 3.98. The van der Waals surface area contributed by atoms with E-state index in [0.29, 0.717) is 24.3 Å². The topological polar surface area (TPSA) is 97.3 Å². The first kappa shape index (κ1) is 24.1. The lowest BCUT2D eigenvalue weighted by Gasteiger charge is -2.46. The van der Waals surface area contributed by atoms with Crippen LogP contribution in [0.1, 0.15) is 26.3 Å². The fourth-order valence-electron chi connectivity index (χ4n) is 3.98. The maximum absolute atomic E-state index is 13.9. The monoisotopic (exact) mass is 447 g/mol. The van der Waals surface area contributed by atoms with Crippen LogP contribution in [-0.4, -0.2) is 60.0 Å². The van der Waals surface area contributed by atoms with E-state index in [1.807, 2.05) is 6.07 Å². The number of carbonyl (C=O) groups excluding carboxylic acids is 1. The van der Waals surface area contributed by atoms with Gasteiger partial charge in [0.05, 0.1) is 5.60 Å². The molecule has 1 saturated heterocycles. The molecule has 1 amide bonds. The molecule has 1 aliphatic rings. The number of halogens is 1. The third-order valence-electron chi connectivity index (χ3n) is 5.54. The second-order valence-electron chi connectivity index (χ2n) is 8.41. The molecule has 0 aromatic heterocycles. The van der Waals surface area contributed by atoms with Gasteiger partial charge in [-0.15, -0.1) is 0 Å². The van der Waals surface area contributed by atoms with Gasteiger partial charge >= 0.3 is 0 Å². The summed E-state index contributed by atoms with van der Waals surface area (Å²) in [6.07, 6.45) is -3.85. The van der Waals surface area contributed by atoms with Crippen molar-refractivity contribution >= 4 is 5.91 Å². The summed E-state index contributed by atoms with van der Waals surface area (Å²) in [5, 5.41) is 23.7. The molecule has 1 fully saturated rings. The van der Waals surface area contributed by atoms with E-state index in [1.54, 1.807) is 38.1 Å². The van der Waals surface area contributed by atoms with Crippen molar-refractivity contribution in [2.24, 2.45) is 0 Å². The largest absolute Gasteiger partial charge is 0.462 e. The maximum atomic E-state index is 13.9. The van der Waals surface area contributed by atoms with Crippen molar-refractivity contribution in [3.8, 4) is 16.9 Å². The smallest absolute Gasteiger partial charge is 0.229 e. The molecule has 0 spiro atoms. The molecule has 1 unspecified atom stereocenters. The highest BCUT2D eigenvalue weighted by Gasteiger charge is 2.50. The summed E-state index contributed by atoms with van der Waals surface area (Å²) in [7, 11) is 1.44. The first-order valence-corrected chi connectivity index (χ1v) is 10.5. The van der Waals surface area contributed by atoms with Crippen LogP contribution in [0, 0.1) is 5.82 Å². The third kappa shape index (κ3) is 5.45. The predicted molar refractivity (Wildman–Crippen MR) is 117 cm³/mol. The molecule has 7 nitrogen and oxygen atoms in total. The van der Waals surface area contributed by atoms with Crippen LogP contribution in [0.3, 0.4) is 0 Å². The molecule has 3 N–H and O–H groups in total. The van der Waals surface area contributed by atoms with Crippen molar-refractivity contribution in [1.82, 2.24) is 5.32 Å². The number of rotatable bonds is 7. The first-order chi connectivity index (χ1) is 15.1. The van der Waals surface area contributed by atoms with E-state index in [9.17, 15) is 19.4 Å². The Morgan fingerprint density at radius 1 is 1.19 bits per heavy atom. The number of benzene rings is 2. The molecule has 3 rings (SSSR count). The predicted octanol–water partition coefficient (Wildman–Crippen LogP) is 2.42. The van der Waals surface area contributed by atoms with Crippen molar-refractivity contribution in [2.75, 3.05) is 13.7 Å². The minimum Gasteiger partial charge on any atom is -0.462 e. The van der Waals surface area contributed by atoms with E-state index in [-0.39, 0.29) is 11.7 Å². The molecule has 0 radical (unpaired) electrons. The van der Waals surface area contributed by atoms with E-state index in [1.165, 1.54) is 26.2 Å². The Kier molecular flexibility index (Phi) is 7.51. The number of amides is 1. The molecule has 0 saturated carbocycles. The van der Waals surface area contributed by atoms with Crippen molar-refractivity contribution < 1.29 is 33.6 Å². The van der Waals surface area contributed by atoms with Crippen LogP contribution in [0.5, 0.6) is 5.75 Å². The molecule has 1 aliphatic heterocycles. The van der Waals surface area contributed by atoms with Crippen LogP contribution < -0.4 is 10.1 Å². The zero-order chi connectivity index (χ0) is 23.5. The lowest BCUT2D eigenvalue weighted by Crippen LogP contribution is -2.63. The number of aliphatic hydroxyl groups excluding tert-OH is 2. The van der Waals surface area contributed by atoms with Crippen LogP contribution in [0.15, 0.2) is 42.5 Å². The highest BCUT2D eigenvalue weighted by atomic mass is 19.1. The normalized spacial score (nSPS) is 24.7. The second kappa shape index (κ2) is 9.95. The van der Waals surface area contributed by atoms with E-state index >= 15 is 0 Å². The van der Waals surface area contributed by atoms with Crippen molar-refractivity contribution in [3.63, 3.8) is 0 Å². The van der Waals surface area contributed by atoms with E-state index in [4.69, 9.17) is 14.2 Å². The van der Waals surface area contributed by atoms with Gasteiger partial charge in [0.1, 0.15) is 29.9 Å². The van der Waals surface area contributed by atoms with Gasteiger partial charge in [-0.2, -0.15) is 0 Å². The number of nitrogens with one attached hydrogen (secondary N) is 1. The zero-order valence-corrected chi connectivity index (χ0v) is 18.7. The number of carbonyl (C=O) groups is 1. The minimum absolute atomic E-state index is 0.128. The molecule has 4 atom stereocenters. The third-order valence-corrected chi connectivity index (χ3v) is 5.54. The standard InChI is InChI=1S/C24H30FNO6/c1-14(27)26-11-10-15-8-9-18(13-19(15)16-6-5-7-17(25)12-16)31-23-21(29)20(28)22(30-4)24(2,3)32-23/h5-9,12-13,20-23,28-29H,10-11H2,1-4H3,(H,26,27)/t20-,21-,22+,23?/m0/s1. The number of ether oxygens (including phenoxy) is 3. The molecule has 32 heavy (non-hydrogen) atoms. The summed E-state index contributed by atoms with van der Waals surface area (Å²) in [6.45, 7) is 5.37. The van der Waals surface area contributed by atoms with Crippen molar-refractivity contribution in [3.05, 3.63) is 53.8 Å². The highest BCUT2D eigenvalue weighted by Crippen LogP contribution is 2.34. The van der Waals surface area contributed by atoms with Gasteiger partial charge in [-0.05, 0) is 61.2 Å². The Balaban J connectivity index is 1.89. The molecular formula is C24H30FNO6. The maximum Gasteiger partial charge on any atom is 0.229 e.